The molecule has 0 spiro atoms. The summed E-state index contributed by atoms with van der Waals surface area (Å²) in [5.74, 6) is -1.23. The molecule has 0 amide bonds. The molecular formula is C13H11F2NO3. The molecule has 0 aliphatic rings. The van der Waals surface area contributed by atoms with Crippen molar-refractivity contribution in [3.8, 4) is 0 Å². The van der Waals surface area contributed by atoms with Crippen molar-refractivity contribution in [2.45, 2.75) is 6.54 Å². The fourth-order valence-corrected chi connectivity index (χ4v) is 1.51. The number of carbonyl (C=O) groups excluding carboxylic acids is 1. The van der Waals surface area contributed by atoms with Crippen LogP contribution in [0.3, 0.4) is 0 Å². The molecule has 2 rings (SSSR count). The van der Waals surface area contributed by atoms with Crippen LogP contribution in [0.15, 0.2) is 34.9 Å². The van der Waals surface area contributed by atoms with Gasteiger partial charge in [-0.2, -0.15) is 0 Å². The second-order valence-corrected chi connectivity index (χ2v) is 3.77. The average Bonchev–Trinajstić information content (AvgIpc) is 2.88. The predicted molar refractivity (Wildman–Crippen MR) is 63.7 cm³/mol. The first-order valence-corrected chi connectivity index (χ1v) is 5.45. The van der Waals surface area contributed by atoms with E-state index in [0.29, 0.717) is 5.76 Å². The number of ether oxygens (including phenoxy) is 1. The number of esters is 1. The summed E-state index contributed by atoms with van der Waals surface area (Å²) in [4.78, 5) is 11.2. The lowest BCUT2D eigenvalue weighted by Crippen LogP contribution is -2.01. The van der Waals surface area contributed by atoms with Gasteiger partial charge in [0.1, 0.15) is 23.7 Å². The minimum Gasteiger partial charge on any atom is -0.467 e. The number of rotatable bonds is 4. The zero-order valence-electron chi connectivity index (χ0n) is 10.1. The van der Waals surface area contributed by atoms with Crippen LogP contribution >= 0.6 is 0 Å². The van der Waals surface area contributed by atoms with Crippen LogP contribution < -0.4 is 5.32 Å². The normalized spacial score (nSPS) is 10.3. The van der Waals surface area contributed by atoms with Crippen molar-refractivity contribution in [2.24, 2.45) is 0 Å². The quantitative estimate of drug-likeness (QED) is 0.865. The monoisotopic (exact) mass is 267 g/mol. The zero-order valence-corrected chi connectivity index (χ0v) is 10.1. The number of methoxy groups -OCH3 is 1. The molecule has 0 bridgehead atoms. The van der Waals surface area contributed by atoms with E-state index in [1.54, 1.807) is 0 Å². The summed E-state index contributed by atoms with van der Waals surface area (Å²) in [6.07, 6.45) is 1.24. The fraction of sp³-hybridized carbons (Fsp3) is 0.154. The van der Waals surface area contributed by atoms with Gasteiger partial charge in [0.25, 0.3) is 0 Å². The number of nitrogens with one attached hydrogen (secondary N) is 1. The minimum atomic E-state index is -0.568. The van der Waals surface area contributed by atoms with Crippen molar-refractivity contribution in [3.63, 3.8) is 0 Å². The first kappa shape index (κ1) is 13.1. The van der Waals surface area contributed by atoms with Crippen molar-refractivity contribution in [1.29, 1.82) is 0 Å². The Balaban J connectivity index is 2.04. The number of benzene rings is 1. The lowest BCUT2D eigenvalue weighted by molar-refractivity contribution is 0.0600. The highest BCUT2D eigenvalue weighted by Gasteiger charge is 2.10. The molecule has 0 unspecified atom stereocenters. The van der Waals surface area contributed by atoms with E-state index in [2.05, 4.69) is 10.1 Å². The molecule has 2 aromatic rings. The minimum absolute atomic E-state index is 0.0241. The molecule has 0 aliphatic carbocycles. The maximum Gasteiger partial charge on any atom is 0.341 e. The van der Waals surface area contributed by atoms with E-state index in [-0.39, 0.29) is 17.8 Å². The third kappa shape index (κ3) is 3.09. The van der Waals surface area contributed by atoms with E-state index in [0.717, 1.165) is 18.2 Å². The van der Waals surface area contributed by atoms with Gasteiger partial charge in [-0.25, -0.2) is 13.6 Å². The Kier molecular flexibility index (Phi) is 3.79. The number of anilines is 1. The van der Waals surface area contributed by atoms with Crippen molar-refractivity contribution < 1.29 is 22.7 Å². The lowest BCUT2D eigenvalue weighted by Gasteiger charge is -2.05. The van der Waals surface area contributed by atoms with Crippen molar-refractivity contribution in [1.82, 2.24) is 0 Å². The molecule has 19 heavy (non-hydrogen) atoms. The summed E-state index contributed by atoms with van der Waals surface area (Å²) < 4.78 is 35.9. The predicted octanol–water partition coefficient (Wildman–Crippen LogP) is 2.96. The molecular weight excluding hydrogens is 256 g/mol. The Labute approximate surface area is 108 Å². The lowest BCUT2D eigenvalue weighted by atomic mass is 10.2. The van der Waals surface area contributed by atoms with Gasteiger partial charge in [0.05, 0.1) is 24.9 Å². The van der Waals surface area contributed by atoms with Gasteiger partial charge in [0.2, 0.25) is 0 Å². The number of halogens is 2. The summed E-state index contributed by atoms with van der Waals surface area (Å²) >= 11 is 0. The first-order chi connectivity index (χ1) is 9.10. The second-order valence-electron chi connectivity index (χ2n) is 3.77. The first-order valence-electron chi connectivity index (χ1n) is 5.45. The molecule has 100 valence electrons. The molecule has 0 radical (unpaired) electrons. The maximum atomic E-state index is 13.3. The summed E-state index contributed by atoms with van der Waals surface area (Å²) in [6.45, 7) is 0.122. The number of carbonyl (C=O) groups is 1. The van der Waals surface area contributed by atoms with Gasteiger partial charge in [-0.1, -0.05) is 0 Å². The van der Waals surface area contributed by atoms with Gasteiger partial charge in [-0.05, 0) is 24.3 Å². The van der Waals surface area contributed by atoms with Gasteiger partial charge >= 0.3 is 5.97 Å². The molecule has 0 fully saturated rings. The largest absolute Gasteiger partial charge is 0.467 e. The highest BCUT2D eigenvalue weighted by Crippen LogP contribution is 2.17. The van der Waals surface area contributed by atoms with E-state index in [4.69, 9.17) is 4.42 Å². The molecule has 1 aromatic carbocycles. The van der Waals surface area contributed by atoms with Crippen LogP contribution in [0.25, 0.3) is 0 Å². The Morgan fingerprint density at radius 1 is 1.37 bits per heavy atom. The Bertz CT molecular complexity index is 595. The van der Waals surface area contributed by atoms with Gasteiger partial charge in [0.15, 0.2) is 0 Å². The van der Waals surface area contributed by atoms with E-state index < -0.39 is 17.6 Å². The Morgan fingerprint density at radius 3 is 2.89 bits per heavy atom. The van der Waals surface area contributed by atoms with Crippen LogP contribution in [0.5, 0.6) is 0 Å². The van der Waals surface area contributed by atoms with E-state index in [9.17, 15) is 13.6 Å². The number of furan rings is 1. The fourth-order valence-electron chi connectivity index (χ4n) is 1.51. The molecule has 1 N–H and O–H groups in total. The second kappa shape index (κ2) is 5.51. The summed E-state index contributed by atoms with van der Waals surface area (Å²) in [7, 11) is 1.26. The van der Waals surface area contributed by atoms with Crippen LogP contribution in [0.1, 0.15) is 16.1 Å². The number of hydrogen-bond acceptors (Lipinski definition) is 4. The van der Waals surface area contributed by atoms with Crippen LogP contribution in [0, 0.1) is 11.6 Å². The van der Waals surface area contributed by atoms with Crippen molar-refractivity contribution in [3.05, 3.63) is 53.5 Å². The van der Waals surface area contributed by atoms with E-state index in [1.165, 1.54) is 19.4 Å². The molecule has 0 aliphatic heterocycles. The Morgan fingerprint density at radius 2 is 2.16 bits per heavy atom. The van der Waals surface area contributed by atoms with Gasteiger partial charge in [0, 0.05) is 0 Å². The van der Waals surface area contributed by atoms with Crippen LogP contribution in [-0.4, -0.2) is 13.1 Å². The van der Waals surface area contributed by atoms with E-state index >= 15 is 0 Å². The van der Waals surface area contributed by atoms with Crippen LogP contribution in [0.2, 0.25) is 0 Å². The molecule has 4 nitrogen and oxygen atoms in total. The average molecular weight is 267 g/mol. The molecule has 0 saturated heterocycles. The van der Waals surface area contributed by atoms with Gasteiger partial charge < -0.3 is 14.5 Å². The molecule has 1 heterocycles. The molecule has 6 heteroatoms. The topological polar surface area (TPSA) is 51.5 Å². The van der Waals surface area contributed by atoms with Crippen LogP contribution in [0.4, 0.5) is 14.5 Å². The molecule has 0 atom stereocenters. The van der Waals surface area contributed by atoms with Gasteiger partial charge in [-0.15, -0.1) is 0 Å². The molecule has 1 aromatic heterocycles. The summed E-state index contributed by atoms with van der Waals surface area (Å²) in [5, 5.41) is 2.68. The Hall–Kier alpha value is -2.37. The maximum absolute atomic E-state index is 13.3. The smallest absolute Gasteiger partial charge is 0.341 e. The van der Waals surface area contributed by atoms with Crippen molar-refractivity contribution in [2.75, 3.05) is 12.4 Å². The third-order valence-electron chi connectivity index (χ3n) is 2.46. The summed E-state index contributed by atoms with van der Waals surface area (Å²) in [5.41, 5.74) is 0.287. The SMILES string of the molecule is COC(=O)c1coc(CNc2cc(F)ccc2F)c1. The zero-order chi connectivity index (χ0) is 13.8. The van der Waals surface area contributed by atoms with Gasteiger partial charge in [-0.3, -0.25) is 0 Å². The molecule has 0 saturated carbocycles. The highest BCUT2D eigenvalue weighted by molar-refractivity contribution is 5.88. The standard InChI is InChI=1S/C13H11F2NO3/c1-18-13(17)8-4-10(19-7-8)6-16-12-5-9(14)2-3-11(12)15/h2-5,7,16H,6H2,1H3. The number of hydrogen-bond donors (Lipinski definition) is 1. The third-order valence-corrected chi connectivity index (χ3v) is 2.46. The van der Waals surface area contributed by atoms with E-state index in [1.807, 2.05) is 0 Å². The van der Waals surface area contributed by atoms with Crippen LogP contribution in [-0.2, 0) is 11.3 Å². The highest BCUT2D eigenvalue weighted by atomic mass is 19.1. The summed E-state index contributed by atoms with van der Waals surface area (Å²) in [6, 6.07) is 4.57. The van der Waals surface area contributed by atoms with Crippen molar-refractivity contribution >= 4 is 11.7 Å².